The van der Waals surface area contributed by atoms with Crippen molar-refractivity contribution in [3.05, 3.63) is 35.5 Å². The van der Waals surface area contributed by atoms with E-state index in [1.54, 1.807) is 7.11 Å². The van der Waals surface area contributed by atoms with E-state index in [2.05, 4.69) is 58.0 Å². The molecule has 2 aromatic rings. The zero-order valence-electron chi connectivity index (χ0n) is 16.1. The number of aromatic nitrogens is 1. The van der Waals surface area contributed by atoms with Crippen LogP contribution in [0.3, 0.4) is 0 Å². The normalized spacial score (nSPS) is 12.8. The van der Waals surface area contributed by atoms with Crippen LogP contribution in [0.15, 0.2) is 24.4 Å². The fourth-order valence-corrected chi connectivity index (χ4v) is 11.6. The first kappa shape index (κ1) is 18.9. The van der Waals surface area contributed by atoms with Crippen LogP contribution >= 0.6 is 0 Å². The predicted molar refractivity (Wildman–Crippen MR) is 104 cm³/mol. The van der Waals surface area contributed by atoms with Gasteiger partial charge in [-0.25, -0.2) is 0 Å². The van der Waals surface area contributed by atoms with E-state index in [4.69, 9.17) is 4.74 Å². The Bertz CT molecular complexity index is 694. The molecule has 1 aromatic heterocycles. The van der Waals surface area contributed by atoms with Gasteiger partial charge in [0.15, 0.2) is 14.5 Å². The van der Waals surface area contributed by atoms with Crippen LogP contribution in [-0.2, 0) is 11.3 Å². The minimum absolute atomic E-state index is 0.535. The third-order valence-electron chi connectivity index (χ3n) is 5.56. The minimum atomic E-state index is -1.87. The lowest BCUT2D eigenvalue weighted by molar-refractivity contribution is 0.112. The largest absolute Gasteiger partial charge is 0.380 e. The Balaban J connectivity index is 2.91. The first-order valence-electron chi connectivity index (χ1n) is 8.89. The van der Waals surface area contributed by atoms with Crippen molar-refractivity contribution in [2.45, 2.75) is 64.8 Å². The van der Waals surface area contributed by atoms with E-state index in [0.29, 0.717) is 23.2 Å². The number of hydrogen-bond donors (Lipinski definition) is 0. The summed E-state index contributed by atoms with van der Waals surface area (Å²) in [7, 11) is -0.154. The van der Waals surface area contributed by atoms with Gasteiger partial charge in [-0.1, -0.05) is 53.7 Å². The average molecular weight is 346 g/mol. The number of methoxy groups -OCH3 is 1. The van der Waals surface area contributed by atoms with Gasteiger partial charge < -0.3 is 8.97 Å². The second kappa shape index (κ2) is 7.24. The number of aldehydes is 1. The summed E-state index contributed by atoms with van der Waals surface area (Å²) in [6, 6.07) is 6.07. The summed E-state index contributed by atoms with van der Waals surface area (Å²) in [6.07, 6.45) is 3.24. The molecule has 0 saturated heterocycles. The lowest BCUT2D eigenvalue weighted by Gasteiger charge is -2.44. The topological polar surface area (TPSA) is 31.2 Å². The molecular weight excluding hydrogens is 314 g/mol. The van der Waals surface area contributed by atoms with Gasteiger partial charge in [-0.15, -0.1) is 0 Å². The van der Waals surface area contributed by atoms with Crippen LogP contribution in [0.25, 0.3) is 10.9 Å². The van der Waals surface area contributed by atoms with E-state index >= 15 is 0 Å². The van der Waals surface area contributed by atoms with Crippen LogP contribution in [0.4, 0.5) is 0 Å². The second-order valence-electron chi connectivity index (χ2n) is 7.67. The molecule has 0 radical (unpaired) electrons. The smallest absolute Gasteiger partial charge is 0.169 e. The number of nitrogens with zero attached hydrogens (tertiary/aromatic N) is 1. The maximum atomic E-state index is 11.6. The van der Waals surface area contributed by atoms with Crippen molar-refractivity contribution in [3.8, 4) is 0 Å². The molecule has 0 bridgehead atoms. The van der Waals surface area contributed by atoms with Gasteiger partial charge in [0.25, 0.3) is 0 Å². The minimum Gasteiger partial charge on any atom is -0.380 e. The molecular formula is C20H31NO2Si. The molecule has 2 rings (SSSR count). The summed E-state index contributed by atoms with van der Waals surface area (Å²) in [5.41, 5.74) is 4.87. The number of hydrogen-bond acceptors (Lipinski definition) is 2. The third kappa shape index (κ3) is 2.76. The summed E-state index contributed by atoms with van der Waals surface area (Å²) in [6.45, 7) is 14.7. The molecule has 4 heteroatoms. The summed E-state index contributed by atoms with van der Waals surface area (Å²) >= 11 is 0. The zero-order chi connectivity index (χ0) is 18.1. The highest BCUT2D eigenvalue weighted by molar-refractivity contribution is 6.82. The van der Waals surface area contributed by atoms with Crippen LogP contribution in [0.1, 0.15) is 57.5 Å². The van der Waals surface area contributed by atoms with Gasteiger partial charge in [0.05, 0.1) is 6.61 Å². The molecule has 0 aliphatic rings. The Morgan fingerprint density at radius 2 is 1.67 bits per heavy atom. The van der Waals surface area contributed by atoms with Crippen LogP contribution in [-0.4, -0.2) is 25.9 Å². The van der Waals surface area contributed by atoms with Crippen LogP contribution in [0.2, 0.25) is 16.6 Å². The molecule has 0 unspecified atom stereocenters. The molecule has 0 amide bonds. The van der Waals surface area contributed by atoms with Gasteiger partial charge in [-0.05, 0) is 22.7 Å². The quantitative estimate of drug-likeness (QED) is 0.481. The summed E-state index contributed by atoms with van der Waals surface area (Å²) in [5, 5.41) is 1.06. The van der Waals surface area contributed by atoms with Gasteiger partial charge in [-0.3, -0.25) is 4.79 Å². The molecule has 0 N–H and O–H groups in total. The van der Waals surface area contributed by atoms with Gasteiger partial charge in [0.1, 0.15) is 0 Å². The number of carbonyl (C=O) groups is 1. The van der Waals surface area contributed by atoms with Crippen LogP contribution < -0.4 is 0 Å². The zero-order valence-corrected chi connectivity index (χ0v) is 17.1. The van der Waals surface area contributed by atoms with E-state index < -0.39 is 8.24 Å². The number of benzene rings is 1. The fraction of sp³-hybridized carbons (Fsp3) is 0.550. The van der Waals surface area contributed by atoms with Crippen molar-refractivity contribution >= 4 is 25.4 Å². The second-order valence-corrected chi connectivity index (χ2v) is 13.4. The Morgan fingerprint density at radius 3 is 2.12 bits per heavy atom. The van der Waals surface area contributed by atoms with E-state index in [9.17, 15) is 4.79 Å². The lowest BCUT2D eigenvalue weighted by Crippen LogP contribution is -2.51. The molecule has 0 aliphatic carbocycles. The van der Waals surface area contributed by atoms with E-state index in [1.807, 2.05) is 12.1 Å². The molecule has 1 aromatic carbocycles. The van der Waals surface area contributed by atoms with Crippen molar-refractivity contribution < 1.29 is 9.53 Å². The van der Waals surface area contributed by atoms with Gasteiger partial charge in [0, 0.05) is 35.3 Å². The van der Waals surface area contributed by atoms with E-state index in [0.717, 1.165) is 22.8 Å². The van der Waals surface area contributed by atoms with Crippen LogP contribution in [0.5, 0.6) is 0 Å². The summed E-state index contributed by atoms with van der Waals surface area (Å²) < 4.78 is 7.99. The molecule has 132 valence electrons. The monoisotopic (exact) mass is 345 g/mol. The van der Waals surface area contributed by atoms with E-state index in [1.165, 1.54) is 5.52 Å². The maximum absolute atomic E-state index is 11.6. The molecule has 0 saturated carbocycles. The Kier molecular flexibility index (Phi) is 5.71. The molecule has 0 spiro atoms. The van der Waals surface area contributed by atoms with Crippen molar-refractivity contribution in [2.24, 2.45) is 0 Å². The highest BCUT2D eigenvalue weighted by Crippen LogP contribution is 2.45. The van der Waals surface area contributed by atoms with E-state index in [-0.39, 0.29) is 0 Å². The average Bonchev–Trinajstić information content (AvgIpc) is 2.86. The van der Waals surface area contributed by atoms with Gasteiger partial charge >= 0.3 is 0 Å². The number of rotatable bonds is 7. The highest BCUT2D eigenvalue weighted by atomic mass is 28.3. The van der Waals surface area contributed by atoms with Gasteiger partial charge in [-0.2, -0.15) is 0 Å². The number of ether oxygens (including phenoxy) is 1. The molecule has 0 aliphatic heterocycles. The van der Waals surface area contributed by atoms with Crippen LogP contribution in [0, 0.1) is 0 Å². The van der Waals surface area contributed by atoms with Crippen molar-refractivity contribution in [1.29, 1.82) is 0 Å². The Labute approximate surface area is 147 Å². The SMILES string of the molecule is COCc1cn([Si](C(C)C)(C(C)C)C(C)C)c2cccc(C=O)c12. The standard InChI is InChI=1S/C20H31NO2Si/c1-14(2)24(15(3)4,16(5)6)21-11-18(13-23-7)20-17(12-22)9-8-10-19(20)21/h8-12,14-16H,13H2,1-7H3. The van der Waals surface area contributed by atoms with Crippen molar-refractivity contribution in [3.63, 3.8) is 0 Å². The first-order chi connectivity index (χ1) is 11.3. The molecule has 3 nitrogen and oxygen atoms in total. The fourth-order valence-electron chi connectivity index (χ4n) is 4.92. The third-order valence-corrected chi connectivity index (χ3v) is 12.3. The van der Waals surface area contributed by atoms with Crippen molar-refractivity contribution in [2.75, 3.05) is 7.11 Å². The number of carbonyl (C=O) groups excluding carboxylic acids is 1. The highest BCUT2D eigenvalue weighted by Gasteiger charge is 2.46. The maximum Gasteiger partial charge on any atom is 0.169 e. The molecule has 0 atom stereocenters. The van der Waals surface area contributed by atoms with Gasteiger partial charge in [0.2, 0.25) is 0 Å². The molecule has 24 heavy (non-hydrogen) atoms. The Morgan fingerprint density at radius 1 is 1.08 bits per heavy atom. The Hall–Kier alpha value is -1.39. The lowest BCUT2D eigenvalue weighted by atomic mass is 10.1. The molecule has 0 fully saturated rings. The predicted octanol–water partition coefficient (Wildman–Crippen LogP) is 5.62. The molecule has 1 heterocycles. The summed E-state index contributed by atoms with van der Waals surface area (Å²) in [5.74, 6) is 0. The first-order valence-corrected chi connectivity index (χ1v) is 11.1. The number of fused-ring (bicyclic) bond motifs is 1. The van der Waals surface area contributed by atoms with Crippen molar-refractivity contribution in [1.82, 2.24) is 4.23 Å². The summed E-state index contributed by atoms with van der Waals surface area (Å²) in [4.78, 5) is 11.6.